The number of carbonyl (C=O) groups is 1. The summed E-state index contributed by atoms with van der Waals surface area (Å²) in [5.41, 5.74) is 2.08. The number of benzene rings is 1. The lowest BCUT2D eigenvalue weighted by atomic mass is 9.87. The second-order valence-corrected chi connectivity index (χ2v) is 9.32. The lowest BCUT2D eigenvalue weighted by Crippen LogP contribution is -2.36. The van der Waals surface area contributed by atoms with Crippen molar-refractivity contribution in [2.75, 3.05) is 16.4 Å². The minimum Gasteiger partial charge on any atom is -0.308 e. The van der Waals surface area contributed by atoms with Gasteiger partial charge in [-0.25, -0.2) is 8.42 Å². The molecule has 0 saturated carbocycles. The highest BCUT2D eigenvalue weighted by atomic mass is 32.2. The van der Waals surface area contributed by atoms with Crippen molar-refractivity contribution in [2.24, 2.45) is 5.92 Å². The number of anilines is 1. The van der Waals surface area contributed by atoms with Crippen LogP contribution < -0.4 is 4.90 Å². The summed E-state index contributed by atoms with van der Waals surface area (Å²) in [6.07, 6.45) is 0.352. The fourth-order valence-electron chi connectivity index (χ4n) is 3.35. The lowest BCUT2D eigenvalue weighted by molar-refractivity contribution is -0.117. The highest BCUT2D eigenvalue weighted by Gasteiger charge is 2.49. The number of fused-ring (bicyclic) bond motifs is 1. The molecule has 0 N–H and O–H groups in total. The van der Waals surface area contributed by atoms with Gasteiger partial charge in [-0.3, -0.25) is 4.79 Å². The molecule has 2 fully saturated rings. The van der Waals surface area contributed by atoms with Crippen molar-refractivity contribution < 1.29 is 13.2 Å². The van der Waals surface area contributed by atoms with Crippen molar-refractivity contribution in [2.45, 2.75) is 38.6 Å². The summed E-state index contributed by atoms with van der Waals surface area (Å²) >= 11 is 0. The average molecular weight is 307 g/mol. The van der Waals surface area contributed by atoms with Gasteiger partial charge in [0, 0.05) is 18.0 Å². The third-order valence-corrected chi connectivity index (χ3v) is 6.27. The van der Waals surface area contributed by atoms with Crippen LogP contribution in [0.3, 0.4) is 0 Å². The van der Waals surface area contributed by atoms with E-state index in [9.17, 15) is 13.2 Å². The summed E-state index contributed by atoms with van der Waals surface area (Å²) in [5.74, 6) is 0.262. The Balaban J connectivity index is 1.91. The maximum atomic E-state index is 12.2. The van der Waals surface area contributed by atoms with Crippen LogP contribution >= 0.6 is 0 Å². The first-order valence-corrected chi connectivity index (χ1v) is 9.12. The van der Waals surface area contributed by atoms with E-state index in [1.165, 1.54) is 5.56 Å². The van der Waals surface area contributed by atoms with Crippen LogP contribution in [0.4, 0.5) is 5.69 Å². The van der Waals surface area contributed by atoms with Crippen LogP contribution in [0.5, 0.6) is 0 Å². The molecular weight excluding hydrogens is 286 g/mol. The summed E-state index contributed by atoms with van der Waals surface area (Å²) in [5, 5.41) is 0. The third-order valence-electron chi connectivity index (χ3n) is 4.49. The molecule has 0 aliphatic carbocycles. The zero-order valence-corrected chi connectivity index (χ0v) is 13.5. The molecule has 2 unspecified atom stereocenters. The molecule has 2 aliphatic rings. The molecule has 2 aliphatic heterocycles. The number of rotatable bonds is 1. The maximum absolute atomic E-state index is 12.2. The van der Waals surface area contributed by atoms with Crippen LogP contribution in [0.15, 0.2) is 24.3 Å². The van der Waals surface area contributed by atoms with Crippen molar-refractivity contribution in [3.63, 3.8) is 0 Å². The van der Waals surface area contributed by atoms with Crippen LogP contribution in [-0.2, 0) is 20.0 Å². The van der Waals surface area contributed by atoms with Crippen LogP contribution in [0, 0.1) is 5.92 Å². The van der Waals surface area contributed by atoms with Gasteiger partial charge in [0.05, 0.1) is 17.5 Å². The molecule has 5 heteroatoms. The minimum absolute atomic E-state index is 0.0372. The molecule has 1 aromatic rings. The van der Waals surface area contributed by atoms with Crippen LogP contribution in [0.2, 0.25) is 0 Å². The number of hydrogen-bond acceptors (Lipinski definition) is 3. The summed E-state index contributed by atoms with van der Waals surface area (Å²) < 4.78 is 23.6. The zero-order chi connectivity index (χ0) is 15.4. The van der Waals surface area contributed by atoms with Gasteiger partial charge in [-0.2, -0.15) is 0 Å². The second kappa shape index (κ2) is 4.57. The second-order valence-electron chi connectivity index (χ2n) is 7.17. The van der Waals surface area contributed by atoms with E-state index >= 15 is 0 Å². The first-order valence-electron chi connectivity index (χ1n) is 7.30. The highest BCUT2D eigenvalue weighted by molar-refractivity contribution is 7.91. The van der Waals surface area contributed by atoms with Crippen molar-refractivity contribution in [3.8, 4) is 0 Å². The number of carbonyl (C=O) groups excluding carboxylic acids is 1. The Labute approximate surface area is 126 Å². The molecule has 0 radical (unpaired) electrons. The first kappa shape index (κ1) is 14.6. The van der Waals surface area contributed by atoms with Gasteiger partial charge in [-0.05, 0) is 23.1 Å². The summed E-state index contributed by atoms with van der Waals surface area (Å²) in [4.78, 5) is 13.9. The molecule has 1 amide bonds. The smallest absolute Gasteiger partial charge is 0.227 e. The van der Waals surface area contributed by atoms with E-state index in [1.807, 2.05) is 24.3 Å². The number of hydrogen-bond donors (Lipinski definition) is 0. The van der Waals surface area contributed by atoms with Gasteiger partial charge in [0.25, 0.3) is 0 Å². The molecular formula is C16H21NO3S. The molecule has 2 atom stereocenters. The van der Waals surface area contributed by atoms with Gasteiger partial charge in [0.2, 0.25) is 5.91 Å². The summed E-state index contributed by atoms with van der Waals surface area (Å²) in [7, 11) is -3.00. The van der Waals surface area contributed by atoms with E-state index in [2.05, 4.69) is 20.8 Å². The van der Waals surface area contributed by atoms with Crippen molar-refractivity contribution >= 4 is 21.4 Å². The molecule has 3 rings (SSSR count). The van der Waals surface area contributed by atoms with Gasteiger partial charge in [-0.1, -0.05) is 32.9 Å². The van der Waals surface area contributed by atoms with Gasteiger partial charge >= 0.3 is 0 Å². The van der Waals surface area contributed by atoms with Crippen LogP contribution in [0.1, 0.15) is 32.8 Å². The Morgan fingerprint density at radius 2 is 1.71 bits per heavy atom. The largest absolute Gasteiger partial charge is 0.308 e. The Morgan fingerprint density at radius 1 is 1.10 bits per heavy atom. The normalized spacial score (nSPS) is 28.0. The molecule has 0 bridgehead atoms. The molecule has 1 aromatic carbocycles. The van der Waals surface area contributed by atoms with E-state index in [1.54, 1.807) is 4.90 Å². The predicted octanol–water partition coefficient (Wildman–Crippen LogP) is 2.13. The van der Waals surface area contributed by atoms with Crippen LogP contribution in [0.25, 0.3) is 0 Å². The van der Waals surface area contributed by atoms with Gasteiger partial charge in [-0.15, -0.1) is 0 Å². The fourth-order valence-corrected chi connectivity index (χ4v) is 5.42. The monoisotopic (exact) mass is 307 g/mol. The van der Waals surface area contributed by atoms with E-state index in [0.717, 1.165) is 5.69 Å². The quantitative estimate of drug-likeness (QED) is 0.798. The topological polar surface area (TPSA) is 54.5 Å². The Morgan fingerprint density at radius 3 is 2.29 bits per heavy atom. The van der Waals surface area contributed by atoms with E-state index in [-0.39, 0.29) is 34.8 Å². The van der Waals surface area contributed by atoms with Crippen molar-refractivity contribution in [3.05, 3.63) is 29.8 Å². The number of amides is 1. The zero-order valence-electron chi connectivity index (χ0n) is 12.7. The van der Waals surface area contributed by atoms with E-state index in [4.69, 9.17) is 0 Å². The Hall–Kier alpha value is -1.36. The third kappa shape index (κ3) is 2.59. The molecule has 114 valence electrons. The predicted molar refractivity (Wildman–Crippen MR) is 83.2 cm³/mol. The summed E-state index contributed by atoms with van der Waals surface area (Å²) in [6.45, 7) is 6.42. The summed E-state index contributed by atoms with van der Waals surface area (Å²) in [6, 6.07) is 7.75. The van der Waals surface area contributed by atoms with Crippen LogP contribution in [-0.4, -0.2) is 31.9 Å². The van der Waals surface area contributed by atoms with Gasteiger partial charge in [0.15, 0.2) is 9.84 Å². The molecule has 0 spiro atoms. The molecule has 2 saturated heterocycles. The Bertz CT molecular complexity index is 670. The standard InChI is InChI=1S/C16H21NO3S/c1-16(2,3)12-4-6-13(7-5-12)17-14-10-21(19,20)9-11(14)8-15(17)18/h4-7,11,14H,8-10H2,1-3H3. The van der Waals surface area contributed by atoms with Gasteiger partial charge in [0.1, 0.15) is 0 Å². The maximum Gasteiger partial charge on any atom is 0.227 e. The van der Waals surface area contributed by atoms with E-state index < -0.39 is 9.84 Å². The number of nitrogens with zero attached hydrogens (tertiary/aromatic N) is 1. The molecule has 21 heavy (non-hydrogen) atoms. The van der Waals surface area contributed by atoms with Crippen molar-refractivity contribution in [1.82, 2.24) is 0 Å². The van der Waals surface area contributed by atoms with E-state index in [0.29, 0.717) is 6.42 Å². The minimum atomic E-state index is -3.00. The first-order chi connectivity index (χ1) is 9.67. The fraction of sp³-hybridized carbons (Fsp3) is 0.562. The average Bonchev–Trinajstić information content (AvgIpc) is 2.78. The number of sulfone groups is 1. The lowest BCUT2D eigenvalue weighted by Gasteiger charge is -2.25. The SMILES string of the molecule is CC(C)(C)c1ccc(N2C(=O)CC3CS(=O)(=O)CC32)cc1. The molecule has 4 nitrogen and oxygen atoms in total. The molecule has 0 aromatic heterocycles. The highest BCUT2D eigenvalue weighted by Crippen LogP contribution is 2.37. The van der Waals surface area contributed by atoms with Gasteiger partial charge < -0.3 is 4.90 Å². The van der Waals surface area contributed by atoms with Crippen molar-refractivity contribution in [1.29, 1.82) is 0 Å². The molecule has 2 heterocycles. The Kier molecular flexibility index (Phi) is 3.17.